The van der Waals surface area contributed by atoms with Crippen molar-refractivity contribution in [2.75, 3.05) is 5.73 Å². The molecule has 0 aliphatic heterocycles. The van der Waals surface area contributed by atoms with E-state index >= 15 is 0 Å². The zero-order chi connectivity index (χ0) is 10.7. The van der Waals surface area contributed by atoms with Crippen LogP contribution in [0.15, 0.2) is 12.4 Å². The highest BCUT2D eigenvalue weighted by atomic mass is 16.4. The fraction of sp³-hybridized carbons (Fsp3) is 0.333. The summed E-state index contributed by atoms with van der Waals surface area (Å²) in [5, 5.41) is 8.62. The normalized spacial score (nSPS) is 12.4. The number of hydrogen-bond acceptors (Lipinski definition) is 4. The summed E-state index contributed by atoms with van der Waals surface area (Å²) in [4.78, 5) is 14.4. The maximum absolute atomic E-state index is 10.5. The van der Waals surface area contributed by atoms with E-state index in [2.05, 4.69) is 4.98 Å². The van der Waals surface area contributed by atoms with Gasteiger partial charge in [-0.25, -0.2) is 0 Å². The number of anilines is 1. The average Bonchev–Trinajstić information content (AvgIpc) is 2.12. The van der Waals surface area contributed by atoms with Gasteiger partial charge in [0, 0.05) is 24.5 Å². The molecule has 0 radical (unpaired) electrons. The molecular weight excluding hydrogens is 182 g/mol. The molecule has 76 valence electrons. The maximum Gasteiger partial charge on any atom is 0.320 e. The van der Waals surface area contributed by atoms with Gasteiger partial charge >= 0.3 is 5.97 Å². The van der Waals surface area contributed by atoms with Crippen LogP contribution in [0.2, 0.25) is 0 Å². The number of pyridine rings is 1. The summed E-state index contributed by atoms with van der Waals surface area (Å²) in [6.45, 7) is 1.82. The number of nitrogens with zero attached hydrogens (tertiary/aromatic N) is 1. The van der Waals surface area contributed by atoms with Crippen LogP contribution in [0, 0.1) is 6.92 Å². The standard InChI is InChI=1S/C9H13N3O2/c1-5-3-12-4-6(8(5)11)2-7(10)9(13)14/h3-4,7H,2,10H2,1H3,(H2,11,12)(H,13,14). The zero-order valence-corrected chi connectivity index (χ0v) is 7.90. The Balaban J connectivity index is 2.87. The van der Waals surface area contributed by atoms with Crippen molar-refractivity contribution < 1.29 is 9.90 Å². The Morgan fingerprint density at radius 3 is 2.86 bits per heavy atom. The van der Waals surface area contributed by atoms with E-state index in [9.17, 15) is 4.79 Å². The van der Waals surface area contributed by atoms with Gasteiger partial charge in [0.25, 0.3) is 0 Å². The largest absolute Gasteiger partial charge is 0.480 e. The molecule has 0 spiro atoms. The summed E-state index contributed by atoms with van der Waals surface area (Å²) in [5.41, 5.74) is 13.2. The lowest BCUT2D eigenvalue weighted by atomic mass is 10.1. The topological polar surface area (TPSA) is 102 Å². The van der Waals surface area contributed by atoms with E-state index in [0.29, 0.717) is 11.3 Å². The van der Waals surface area contributed by atoms with Gasteiger partial charge in [0.2, 0.25) is 0 Å². The van der Waals surface area contributed by atoms with Crippen LogP contribution < -0.4 is 11.5 Å². The first-order valence-corrected chi connectivity index (χ1v) is 4.19. The molecule has 0 saturated heterocycles. The van der Waals surface area contributed by atoms with Crippen LogP contribution in [0.25, 0.3) is 0 Å². The predicted molar refractivity (Wildman–Crippen MR) is 52.7 cm³/mol. The minimum atomic E-state index is -1.04. The molecule has 1 aromatic heterocycles. The number of nitrogen functional groups attached to an aromatic ring is 1. The lowest BCUT2D eigenvalue weighted by Crippen LogP contribution is -2.32. The van der Waals surface area contributed by atoms with Crippen molar-refractivity contribution in [1.29, 1.82) is 0 Å². The molecule has 5 heteroatoms. The maximum atomic E-state index is 10.5. The van der Waals surface area contributed by atoms with E-state index in [0.717, 1.165) is 5.56 Å². The van der Waals surface area contributed by atoms with Crippen molar-refractivity contribution >= 4 is 11.7 Å². The van der Waals surface area contributed by atoms with Gasteiger partial charge in [-0.05, 0) is 18.1 Å². The Bertz CT molecular complexity index is 352. The van der Waals surface area contributed by atoms with Crippen molar-refractivity contribution in [2.45, 2.75) is 19.4 Å². The first kappa shape index (κ1) is 10.5. The summed E-state index contributed by atoms with van der Waals surface area (Å²) >= 11 is 0. The molecule has 0 aliphatic rings. The summed E-state index contributed by atoms with van der Waals surface area (Å²) < 4.78 is 0. The summed E-state index contributed by atoms with van der Waals surface area (Å²) in [6, 6.07) is -0.930. The number of carboxylic acid groups (broad SMARTS) is 1. The second-order valence-electron chi connectivity index (χ2n) is 3.18. The quantitative estimate of drug-likeness (QED) is 0.626. The Morgan fingerprint density at radius 1 is 1.64 bits per heavy atom. The van der Waals surface area contributed by atoms with E-state index < -0.39 is 12.0 Å². The van der Waals surface area contributed by atoms with Gasteiger partial charge in [-0.1, -0.05) is 0 Å². The molecule has 0 aliphatic carbocycles. The van der Waals surface area contributed by atoms with E-state index in [-0.39, 0.29) is 6.42 Å². The van der Waals surface area contributed by atoms with E-state index in [1.165, 1.54) is 0 Å². The number of rotatable bonds is 3. The molecule has 0 saturated carbocycles. The third kappa shape index (κ3) is 2.20. The summed E-state index contributed by atoms with van der Waals surface area (Å²) in [5.74, 6) is -1.04. The van der Waals surface area contributed by atoms with Crippen LogP contribution in [-0.4, -0.2) is 22.1 Å². The Hall–Kier alpha value is -1.62. The number of aliphatic carboxylic acids is 1. The van der Waals surface area contributed by atoms with Crippen molar-refractivity contribution in [2.24, 2.45) is 5.73 Å². The highest BCUT2D eigenvalue weighted by Crippen LogP contribution is 2.15. The molecule has 5 N–H and O–H groups in total. The smallest absolute Gasteiger partial charge is 0.320 e. The molecule has 1 heterocycles. The van der Waals surface area contributed by atoms with Crippen molar-refractivity contribution in [1.82, 2.24) is 4.98 Å². The van der Waals surface area contributed by atoms with Crippen molar-refractivity contribution in [3.8, 4) is 0 Å². The van der Waals surface area contributed by atoms with Gasteiger partial charge in [0.05, 0.1) is 0 Å². The zero-order valence-electron chi connectivity index (χ0n) is 7.90. The molecule has 1 rings (SSSR count). The number of aryl methyl sites for hydroxylation is 1. The minimum Gasteiger partial charge on any atom is -0.480 e. The molecule has 0 amide bonds. The number of carboxylic acids is 1. The van der Waals surface area contributed by atoms with Crippen LogP contribution in [-0.2, 0) is 11.2 Å². The fourth-order valence-electron chi connectivity index (χ4n) is 1.12. The third-order valence-corrected chi connectivity index (χ3v) is 2.03. The van der Waals surface area contributed by atoms with Crippen LogP contribution in [0.1, 0.15) is 11.1 Å². The van der Waals surface area contributed by atoms with Crippen LogP contribution in [0.4, 0.5) is 5.69 Å². The van der Waals surface area contributed by atoms with Crippen molar-refractivity contribution in [3.63, 3.8) is 0 Å². The van der Waals surface area contributed by atoms with E-state index in [4.69, 9.17) is 16.6 Å². The van der Waals surface area contributed by atoms with Crippen LogP contribution in [0.3, 0.4) is 0 Å². The average molecular weight is 195 g/mol. The number of carbonyl (C=O) groups is 1. The third-order valence-electron chi connectivity index (χ3n) is 2.03. The molecule has 14 heavy (non-hydrogen) atoms. The predicted octanol–water partition coefficient (Wildman–Crippen LogP) is -0.0734. The number of nitrogens with two attached hydrogens (primary N) is 2. The van der Waals surface area contributed by atoms with Gasteiger partial charge < -0.3 is 16.6 Å². The highest BCUT2D eigenvalue weighted by molar-refractivity contribution is 5.74. The lowest BCUT2D eigenvalue weighted by Gasteiger charge is -2.09. The van der Waals surface area contributed by atoms with E-state index in [1.54, 1.807) is 12.4 Å². The monoisotopic (exact) mass is 195 g/mol. The fourth-order valence-corrected chi connectivity index (χ4v) is 1.12. The van der Waals surface area contributed by atoms with Gasteiger partial charge in [0.15, 0.2) is 0 Å². The molecule has 0 bridgehead atoms. The molecule has 1 unspecified atom stereocenters. The van der Waals surface area contributed by atoms with Crippen LogP contribution >= 0.6 is 0 Å². The number of hydrogen-bond donors (Lipinski definition) is 3. The Morgan fingerprint density at radius 2 is 2.29 bits per heavy atom. The molecule has 5 nitrogen and oxygen atoms in total. The summed E-state index contributed by atoms with van der Waals surface area (Å²) in [7, 11) is 0. The van der Waals surface area contributed by atoms with Gasteiger partial charge in [0.1, 0.15) is 6.04 Å². The van der Waals surface area contributed by atoms with E-state index in [1.807, 2.05) is 6.92 Å². The summed E-state index contributed by atoms with van der Waals surface area (Å²) in [6.07, 6.45) is 3.38. The Labute approximate surface area is 81.7 Å². The van der Waals surface area contributed by atoms with Gasteiger partial charge in [-0.3, -0.25) is 9.78 Å². The Kier molecular flexibility index (Phi) is 3.03. The molecule has 0 aromatic carbocycles. The molecule has 1 aromatic rings. The molecule has 0 fully saturated rings. The first-order chi connectivity index (χ1) is 6.52. The van der Waals surface area contributed by atoms with Gasteiger partial charge in [-0.15, -0.1) is 0 Å². The van der Waals surface area contributed by atoms with Crippen LogP contribution in [0.5, 0.6) is 0 Å². The second kappa shape index (κ2) is 4.06. The lowest BCUT2D eigenvalue weighted by molar-refractivity contribution is -0.138. The first-order valence-electron chi connectivity index (χ1n) is 4.19. The minimum absolute atomic E-state index is 0.204. The number of aromatic nitrogens is 1. The van der Waals surface area contributed by atoms with Gasteiger partial charge in [-0.2, -0.15) is 0 Å². The second-order valence-corrected chi connectivity index (χ2v) is 3.18. The van der Waals surface area contributed by atoms with Crippen molar-refractivity contribution in [3.05, 3.63) is 23.5 Å². The molecular formula is C9H13N3O2. The highest BCUT2D eigenvalue weighted by Gasteiger charge is 2.14. The SMILES string of the molecule is Cc1cncc(CC(N)C(=O)O)c1N. The molecule has 1 atom stereocenters.